The van der Waals surface area contributed by atoms with Crippen LogP contribution in [0.2, 0.25) is 5.02 Å². The van der Waals surface area contributed by atoms with Gasteiger partial charge in [-0.15, -0.1) is 0 Å². The smallest absolute Gasteiger partial charge is 0.0543 e. The van der Waals surface area contributed by atoms with Crippen molar-refractivity contribution in [2.24, 2.45) is 0 Å². The molecule has 0 spiro atoms. The van der Waals surface area contributed by atoms with Gasteiger partial charge in [-0.1, -0.05) is 29.8 Å². The molecule has 0 radical (unpaired) electrons. The van der Waals surface area contributed by atoms with Crippen molar-refractivity contribution < 1.29 is 0 Å². The normalized spacial score (nSPS) is 12.6. The van der Waals surface area contributed by atoms with Crippen LogP contribution in [0.1, 0.15) is 23.7 Å². The van der Waals surface area contributed by atoms with Crippen molar-refractivity contribution in [1.29, 1.82) is 0 Å². The van der Waals surface area contributed by atoms with E-state index < -0.39 is 0 Å². The number of pyridine rings is 1. The molecule has 1 unspecified atom stereocenters. The van der Waals surface area contributed by atoms with E-state index in [1.165, 1.54) is 5.56 Å². The van der Waals surface area contributed by atoms with E-state index in [0.717, 1.165) is 30.2 Å². The number of benzene rings is 1. The van der Waals surface area contributed by atoms with Crippen molar-refractivity contribution >= 4 is 11.6 Å². The Morgan fingerprint density at radius 3 is 2.76 bits per heavy atom. The van der Waals surface area contributed by atoms with E-state index >= 15 is 0 Å². The van der Waals surface area contributed by atoms with Gasteiger partial charge in [-0.2, -0.15) is 0 Å². The van der Waals surface area contributed by atoms with Crippen LogP contribution in [0.3, 0.4) is 0 Å². The lowest BCUT2D eigenvalue weighted by atomic mass is 10.0. The monoisotopic (exact) mass is 303 g/mol. The average Bonchev–Trinajstić information content (AvgIpc) is 2.49. The molecule has 1 N–H and O–H groups in total. The molecule has 112 valence electrons. The van der Waals surface area contributed by atoms with Crippen LogP contribution in [0.5, 0.6) is 0 Å². The second-order valence-corrected chi connectivity index (χ2v) is 5.68. The number of halogens is 1. The second-order valence-electron chi connectivity index (χ2n) is 5.24. The van der Waals surface area contributed by atoms with Crippen molar-refractivity contribution in [1.82, 2.24) is 15.2 Å². The van der Waals surface area contributed by atoms with E-state index in [4.69, 9.17) is 11.6 Å². The summed E-state index contributed by atoms with van der Waals surface area (Å²) in [6.45, 7) is 1.86. The first-order chi connectivity index (χ1) is 10.2. The van der Waals surface area contributed by atoms with Gasteiger partial charge in [0.2, 0.25) is 0 Å². The summed E-state index contributed by atoms with van der Waals surface area (Å²) in [6, 6.07) is 14.4. The third kappa shape index (κ3) is 5.12. The molecule has 1 heterocycles. The molecule has 2 rings (SSSR count). The van der Waals surface area contributed by atoms with Gasteiger partial charge >= 0.3 is 0 Å². The number of rotatable bonds is 7. The third-order valence-corrected chi connectivity index (χ3v) is 3.79. The summed E-state index contributed by atoms with van der Waals surface area (Å²) in [6.07, 6.45) is 2.87. The van der Waals surface area contributed by atoms with Crippen LogP contribution >= 0.6 is 11.6 Å². The fourth-order valence-electron chi connectivity index (χ4n) is 2.40. The number of hydrogen-bond donors (Lipinski definition) is 1. The quantitative estimate of drug-likeness (QED) is 0.848. The summed E-state index contributed by atoms with van der Waals surface area (Å²) in [7, 11) is 4.11. The van der Waals surface area contributed by atoms with E-state index in [2.05, 4.69) is 34.4 Å². The molecule has 0 saturated carbocycles. The summed E-state index contributed by atoms with van der Waals surface area (Å²) < 4.78 is 0. The van der Waals surface area contributed by atoms with Crippen molar-refractivity contribution in [3.05, 3.63) is 64.9 Å². The zero-order valence-electron chi connectivity index (χ0n) is 12.6. The first-order valence-electron chi connectivity index (χ1n) is 7.20. The molecule has 2 aromatic rings. The topological polar surface area (TPSA) is 28.2 Å². The maximum Gasteiger partial charge on any atom is 0.0543 e. The Labute approximate surface area is 132 Å². The molecule has 4 heteroatoms. The Morgan fingerprint density at radius 1 is 1.24 bits per heavy atom. The van der Waals surface area contributed by atoms with Gasteiger partial charge in [0, 0.05) is 30.4 Å². The molecule has 0 fully saturated rings. The molecule has 1 atom stereocenters. The largest absolute Gasteiger partial charge is 0.313 e. The van der Waals surface area contributed by atoms with Gasteiger partial charge in [-0.3, -0.25) is 4.98 Å². The Hall–Kier alpha value is -1.42. The predicted molar refractivity (Wildman–Crippen MR) is 88.4 cm³/mol. The van der Waals surface area contributed by atoms with Gasteiger partial charge < -0.3 is 10.2 Å². The second kappa shape index (κ2) is 8.13. The molecule has 0 aliphatic carbocycles. The minimum absolute atomic E-state index is 0.315. The Morgan fingerprint density at radius 2 is 2.10 bits per heavy atom. The van der Waals surface area contributed by atoms with Crippen molar-refractivity contribution in [2.75, 3.05) is 20.6 Å². The molecule has 1 aromatic carbocycles. The number of aromatic nitrogens is 1. The minimum Gasteiger partial charge on any atom is -0.313 e. The number of nitrogens with zero attached hydrogens (tertiary/aromatic N) is 2. The first kappa shape index (κ1) is 16.0. The summed E-state index contributed by atoms with van der Waals surface area (Å²) in [5.74, 6) is 0. The maximum atomic E-state index is 6.07. The van der Waals surface area contributed by atoms with Crippen molar-refractivity contribution in [3.63, 3.8) is 0 Å². The van der Waals surface area contributed by atoms with Crippen LogP contribution in [-0.4, -0.2) is 30.5 Å². The lowest BCUT2D eigenvalue weighted by Gasteiger charge is -2.21. The van der Waals surface area contributed by atoms with Gasteiger partial charge in [-0.25, -0.2) is 0 Å². The summed E-state index contributed by atoms with van der Waals surface area (Å²) >= 11 is 6.07. The van der Waals surface area contributed by atoms with Crippen LogP contribution in [0.25, 0.3) is 0 Å². The zero-order valence-corrected chi connectivity index (χ0v) is 13.3. The van der Waals surface area contributed by atoms with E-state index in [1.807, 2.05) is 43.6 Å². The van der Waals surface area contributed by atoms with Crippen molar-refractivity contribution in [2.45, 2.75) is 19.0 Å². The summed E-state index contributed by atoms with van der Waals surface area (Å²) in [4.78, 5) is 6.65. The molecule has 21 heavy (non-hydrogen) atoms. The van der Waals surface area contributed by atoms with Crippen LogP contribution in [0, 0.1) is 0 Å². The fraction of sp³-hybridized carbons (Fsp3) is 0.353. The highest BCUT2D eigenvalue weighted by Gasteiger charge is 2.11. The van der Waals surface area contributed by atoms with Gasteiger partial charge in [-0.05, 0) is 50.3 Å². The van der Waals surface area contributed by atoms with Gasteiger partial charge in [0.15, 0.2) is 0 Å². The molecule has 0 amide bonds. The third-order valence-electron chi connectivity index (χ3n) is 3.56. The molecule has 0 aliphatic rings. The lowest BCUT2D eigenvalue weighted by Crippen LogP contribution is -2.25. The van der Waals surface area contributed by atoms with E-state index in [0.29, 0.717) is 6.04 Å². The molecule has 3 nitrogen and oxygen atoms in total. The maximum absolute atomic E-state index is 6.07. The van der Waals surface area contributed by atoms with Crippen LogP contribution in [-0.2, 0) is 6.54 Å². The van der Waals surface area contributed by atoms with E-state index in [9.17, 15) is 0 Å². The lowest BCUT2D eigenvalue weighted by molar-refractivity contribution is 0.300. The SMILES string of the molecule is CNC(CCN(C)Cc1ccccn1)c1cccc(Cl)c1. The standard InChI is InChI=1S/C17H22ClN3/c1-19-17(14-6-5-7-15(18)12-14)9-11-21(2)13-16-8-3-4-10-20-16/h3-8,10,12,17,19H,9,11,13H2,1-2H3. The molecular formula is C17H22ClN3. The number of hydrogen-bond acceptors (Lipinski definition) is 3. The van der Waals surface area contributed by atoms with E-state index in [1.54, 1.807) is 0 Å². The van der Waals surface area contributed by atoms with Gasteiger partial charge in [0.1, 0.15) is 0 Å². The Balaban J connectivity index is 1.88. The highest BCUT2D eigenvalue weighted by Crippen LogP contribution is 2.20. The Kier molecular flexibility index (Phi) is 6.18. The highest BCUT2D eigenvalue weighted by atomic mass is 35.5. The van der Waals surface area contributed by atoms with Crippen molar-refractivity contribution in [3.8, 4) is 0 Å². The molecule has 0 saturated heterocycles. The molecule has 1 aromatic heterocycles. The number of nitrogens with one attached hydrogen (secondary N) is 1. The summed E-state index contributed by atoms with van der Waals surface area (Å²) in [5, 5.41) is 4.15. The predicted octanol–water partition coefficient (Wildman–Crippen LogP) is 3.52. The first-order valence-corrected chi connectivity index (χ1v) is 7.58. The van der Waals surface area contributed by atoms with Crippen LogP contribution < -0.4 is 5.32 Å². The molecule has 0 bridgehead atoms. The van der Waals surface area contributed by atoms with Gasteiger partial charge in [0.05, 0.1) is 5.69 Å². The summed E-state index contributed by atoms with van der Waals surface area (Å²) in [5.41, 5.74) is 2.33. The zero-order chi connectivity index (χ0) is 15.1. The Bertz CT molecular complexity index is 545. The van der Waals surface area contributed by atoms with Crippen LogP contribution in [0.15, 0.2) is 48.7 Å². The van der Waals surface area contributed by atoms with Crippen LogP contribution in [0.4, 0.5) is 0 Å². The van der Waals surface area contributed by atoms with E-state index in [-0.39, 0.29) is 0 Å². The highest BCUT2D eigenvalue weighted by molar-refractivity contribution is 6.30. The molecular weight excluding hydrogens is 282 g/mol. The average molecular weight is 304 g/mol. The minimum atomic E-state index is 0.315. The van der Waals surface area contributed by atoms with Gasteiger partial charge in [0.25, 0.3) is 0 Å². The molecule has 0 aliphatic heterocycles. The fourth-order valence-corrected chi connectivity index (χ4v) is 2.60.